The molecule has 0 spiro atoms. The molecule has 1 atom stereocenters. The van der Waals surface area contributed by atoms with Crippen LogP contribution in [0.25, 0.3) is 0 Å². The minimum atomic E-state index is -1.20. The zero-order valence-electron chi connectivity index (χ0n) is 9.22. The van der Waals surface area contributed by atoms with E-state index in [-0.39, 0.29) is 0 Å². The summed E-state index contributed by atoms with van der Waals surface area (Å²) in [7, 11) is 0. The Bertz CT molecular complexity index is 431. The van der Waals surface area contributed by atoms with Gasteiger partial charge in [-0.3, -0.25) is 0 Å². The molecular formula is C13H13NO3. The average Bonchev–Trinajstić information content (AvgIpc) is 2.34. The summed E-state index contributed by atoms with van der Waals surface area (Å²) >= 11 is 0. The fourth-order valence-corrected chi connectivity index (χ4v) is 1.25. The van der Waals surface area contributed by atoms with E-state index in [4.69, 9.17) is 5.11 Å². The molecule has 1 aromatic rings. The maximum Gasteiger partial charge on any atom is 0.405 e. The van der Waals surface area contributed by atoms with Crippen molar-refractivity contribution in [3.63, 3.8) is 0 Å². The van der Waals surface area contributed by atoms with E-state index in [0.717, 1.165) is 5.56 Å². The second-order valence-corrected chi connectivity index (χ2v) is 3.40. The molecule has 0 heterocycles. The highest BCUT2D eigenvalue weighted by molar-refractivity contribution is 5.71. The quantitative estimate of drug-likeness (QED) is 0.611. The Labute approximate surface area is 99.7 Å². The van der Waals surface area contributed by atoms with E-state index in [2.05, 4.69) is 17.2 Å². The van der Waals surface area contributed by atoms with Crippen molar-refractivity contribution in [3.05, 3.63) is 35.9 Å². The lowest BCUT2D eigenvalue weighted by atomic mass is 10.1. The zero-order chi connectivity index (χ0) is 12.5. The van der Waals surface area contributed by atoms with Crippen molar-refractivity contribution < 1.29 is 14.7 Å². The Morgan fingerprint density at radius 2 is 2.12 bits per heavy atom. The van der Waals surface area contributed by atoms with Gasteiger partial charge in [-0.2, -0.15) is 0 Å². The number of carboxylic acid groups (broad SMARTS) is 1. The summed E-state index contributed by atoms with van der Waals surface area (Å²) in [5.41, 5.74) is 0.904. The Kier molecular flexibility index (Phi) is 5.32. The molecule has 0 radical (unpaired) electrons. The van der Waals surface area contributed by atoms with Gasteiger partial charge in [0.15, 0.2) is 0 Å². The third kappa shape index (κ3) is 5.38. The van der Waals surface area contributed by atoms with E-state index in [1.165, 1.54) is 0 Å². The lowest BCUT2D eigenvalue weighted by Gasteiger charge is -2.06. The molecule has 1 unspecified atom stereocenters. The Morgan fingerprint density at radius 1 is 1.41 bits per heavy atom. The SMILES string of the molecule is O=CC(CCC#Cc1ccccc1)NC(=O)O. The van der Waals surface area contributed by atoms with Crippen LogP contribution in [-0.4, -0.2) is 23.5 Å². The fraction of sp³-hybridized carbons (Fsp3) is 0.231. The van der Waals surface area contributed by atoms with Crippen LogP contribution in [0, 0.1) is 11.8 Å². The van der Waals surface area contributed by atoms with Gasteiger partial charge in [0.25, 0.3) is 0 Å². The molecule has 0 aromatic heterocycles. The molecule has 4 nitrogen and oxygen atoms in total. The van der Waals surface area contributed by atoms with Crippen LogP contribution in [-0.2, 0) is 4.79 Å². The van der Waals surface area contributed by atoms with Crippen LogP contribution in [0.1, 0.15) is 18.4 Å². The van der Waals surface area contributed by atoms with Crippen molar-refractivity contribution in [3.8, 4) is 11.8 Å². The number of carbonyl (C=O) groups excluding carboxylic acids is 1. The summed E-state index contributed by atoms with van der Waals surface area (Å²) in [6.07, 6.45) is 0.241. The highest BCUT2D eigenvalue weighted by atomic mass is 16.4. The van der Waals surface area contributed by atoms with Gasteiger partial charge in [-0.15, -0.1) is 0 Å². The monoisotopic (exact) mass is 231 g/mol. The number of amides is 1. The molecule has 88 valence electrons. The number of carbonyl (C=O) groups is 2. The summed E-state index contributed by atoms with van der Waals surface area (Å²) < 4.78 is 0. The zero-order valence-corrected chi connectivity index (χ0v) is 9.22. The van der Waals surface area contributed by atoms with Gasteiger partial charge >= 0.3 is 6.09 Å². The van der Waals surface area contributed by atoms with Crippen molar-refractivity contribution in [2.24, 2.45) is 0 Å². The molecular weight excluding hydrogens is 218 g/mol. The number of aldehydes is 1. The largest absolute Gasteiger partial charge is 0.465 e. The van der Waals surface area contributed by atoms with Crippen molar-refractivity contribution in [2.75, 3.05) is 0 Å². The van der Waals surface area contributed by atoms with Gasteiger partial charge < -0.3 is 15.2 Å². The van der Waals surface area contributed by atoms with Crippen LogP contribution < -0.4 is 5.32 Å². The van der Waals surface area contributed by atoms with E-state index >= 15 is 0 Å². The maximum absolute atomic E-state index is 10.5. The highest BCUT2D eigenvalue weighted by Crippen LogP contribution is 1.97. The summed E-state index contributed by atoms with van der Waals surface area (Å²) in [6, 6.07) is 8.79. The first-order chi connectivity index (χ1) is 8.22. The Morgan fingerprint density at radius 3 is 2.71 bits per heavy atom. The van der Waals surface area contributed by atoms with E-state index in [0.29, 0.717) is 19.1 Å². The molecule has 1 amide bonds. The van der Waals surface area contributed by atoms with Crippen LogP contribution in [0.15, 0.2) is 30.3 Å². The second-order valence-electron chi connectivity index (χ2n) is 3.40. The molecule has 1 aromatic carbocycles. The molecule has 0 fully saturated rings. The first-order valence-corrected chi connectivity index (χ1v) is 5.21. The molecule has 0 saturated carbocycles. The first-order valence-electron chi connectivity index (χ1n) is 5.21. The van der Waals surface area contributed by atoms with Gasteiger partial charge in [0.05, 0.1) is 6.04 Å². The van der Waals surface area contributed by atoms with Gasteiger partial charge in [0.1, 0.15) is 6.29 Å². The molecule has 17 heavy (non-hydrogen) atoms. The summed E-state index contributed by atoms with van der Waals surface area (Å²) in [4.78, 5) is 20.8. The topological polar surface area (TPSA) is 66.4 Å². The molecule has 0 aliphatic heterocycles. The van der Waals surface area contributed by atoms with Crippen LogP contribution in [0.4, 0.5) is 4.79 Å². The third-order valence-corrected chi connectivity index (χ3v) is 2.06. The van der Waals surface area contributed by atoms with Gasteiger partial charge in [0, 0.05) is 12.0 Å². The van der Waals surface area contributed by atoms with Gasteiger partial charge in [0.2, 0.25) is 0 Å². The first kappa shape index (κ1) is 12.8. The van der Waals surface area contributed by atoms with Crippen molar-refractivity contribution in [1.29, 1.82) is 0 Å². The van der Waals surface area contributed by atoms with E-state index < -0.39 is 12.1 Å². The van der Waals surface area contributed by atoms with Crippen LogP contribution >= 0.6 is 0 Å². The minimum Gasteiger partial charge on any atom is -0.465 e. The number of rotatable bonds is 4. The predicted molar refractivity (Wildman–Crippen MR) is 63.6 cm³/mol. The lowest BCUT2D eigenvalue weighted by molar-refractivity contribution is -0.109. The number of hydrogen-bond acceptors (Lipinski definition) is 2. The lowest BCUT2D eigenvalue weighted by Crippen LogP contribution is -2.34. The van der Waals surface area contributed by atoms with E-state index in [1.807, 2.05) is 30.3 Å². The Balaban J connectivity index is 2.39. The summed E-state index contributed by atoms with van der Waals surface area (Å²) in [5.74, 6) is 5.83. The average molecular weight is 231 g/mol. The van der Waals surface area contributed by atoms with Crippen LogP contribution in [0.5, 0.6) is 0 Å². The number of hydrogen-bond donors (Lipinski definition) is 2. The maximum atomic E-state index is 10.5. The molecule has 2 N–H and O–H groups in total. The van der Waals surface area contributed by atoms with E-state index in [9.17, 15) is 9.59 Å². The normalized spacial score (nSPS) is 10.8. The molecule has 0 aliphatic carbocycles. The van der Waals surface area contributed by atoms with Crippen molar-refractivity contribution in [1.82, 2.24) is 5.32 Å². The van der Waals surface area contributed by atoms with Gasteiger partial charge in [-0.1, -0.05) is 30.0 Å². The highest BCUT2D eigenvalue weighted by Gasteiger charge is 2.07. The van der Waals surface area contributed by atoms with Crippen molar-refractivity contribution >= 4 is 12.4 Å². The molecule has 1 rings (SSSR count). The molecule has 0 saturated heterocycles. The molecule has 4 heteroatoms. The van der Waals surface area contributed by atoms with Crippen LogP contribution in [0.3, 0.4) is 0 Å². The molecule has 0 bridgehead atoms. The van der Waals surface area contributed by atoms with Gasteiger partial charge in [-0.05, 0) is 18.6 Å². The van der Waals surface area contributed by atoms with Crippen LogP contribution in [0.2, 0.25) is 0 Å². The predicted octanol–water partition coefficient (Wildman–Crippen LogP) is 1.65. The third-order valence-electron chi connectivity index (χ3n) is 2.06. The smallest absolute Gasteiger partial charge is 0.405 e. The fourth-order valence-electron chi connectivity index (χ4n) is 1.25. The summed E-state index contributed by atoms with van der Waals surface area (Å²) in [5, 5.41) is 10.6. The second kappa shape index (κ2) is 7.07. The summed E-state index contributed by atoms with van der Waals surface area (Å²) in [6.45, 7) is 0. The number of benzene rings is 1. The van der Waals surface area contributed by atoms with Crippen molar-refractivity contribution in [2.45, 2.75) is 18.9 Å². The number of nitrogens with one attached hydrogen (secondary N) is 1. The Hall–Kier alpha value is -2.28. The minimum absolute atomic E-state index is 0.385. The molecule has 0 aliphatic rings. The van der Waals surface area contributed by atoms with Gasteiger partial charge in [-0.25, -0.2) is 4.79 Å². The van der Waals surface area contributed by atoms with E-state index in [1.54, 1.807) is 0 Å². The standard InChI is InChI=1S/C13H13NO3/c15-10-12(14-13(16)17)9-5-4-8-11-6-2-1-3-7-11/h1-3,6-7,10,12,14H,5,9H2,(H,16,17).